The van der Waals surface area contributed by atoms with Crippen LogP contribution in [0.3, 0.4) is 0 Å². The van der Waals surface area contributed by atoms with E-state index in [9.17, 15) is 4.79 Å². The maximum Gasteiger partial charge on any atom is 0.310 e. The number of fused-ring (bicyclic) bond motifs is 1. The van der Waals surface area contributed by atoms with Crippen LogP contribution in [-0.2, 0) is 9.53 Å². The molecular weight excluding hydrogens is 350 g/mol. The number of carbonyl (C=O) groups excluding carboxylic acids is 1. The number of esters is 1. The molecule has 2 aliphatic heterocycles. The van der Waals surface area contributed by atoms with Crippen LogP contribution in [0.5, 0.6) is 17.2 Å². The van der Waals surface area contributed by atoms with Crippen LogP contribution in [0.25, 0.3) is 0 Å². The highest BCUT2D eigenvalue weighted by molar-refractivity contribution is 5.81. The number of rotatable bonds is 6. The van der Waals surface area contributed by atoms with Gasteiger partial charge < -0.3 is 29.2 Å². The average molecular weight is 377 g/mol. The molecule has 1 fully saturated rings. The van der Waals surface area contributed by atoms with Crippen molar-refractivity contribution in [3.05, 3.63) is 18.2 Å². The number of guanidine groups is 1. The summed E-state index contributed by atoms with van der Waals surface area (Å²) in [5.74, 6) is 2.73. The van der Waals surface area contributed by atoms with Gasteiger partial charge in [0, 0.05) is 26.2 Å². The maximum absolute atomic E-state index is 12.0. The Bertz CT molecular complexity index is 679. The first-order chi connectivity index (χ1) is 13.2. The minimum atomic E-state index is -0.121. The number of aliphatic imine (C=N–C) groups is 1. The zero-order chi connectivity index (χ0) is 19.1. The number of hydrogen-bond acceptors (Lipinski definition) is 6. The van der Waals surface area contributed by atoms with E-state index in [1.165, 1.54) is 0 Å². The third-order valence-corrected chi connectivity index (χ3v) is 4.55. The third-order valence-electron chi connectivity index (χ3n) is 4.55. The first kappa shape index (κ1) is 19.1. The largest absolute Gasteiger partial charge is 0.492 e. The van der Waals surface area contributed by atoms with Gasteiger partial charge in [-0.15, -0.1) is 0 Å². The van der Waals surface area contributed by atoms with Gasteiger partial charge in [-0.3, -0.25) is 9.79 Å². The van der Waals surface area contributed by atoms with Crippen molar-refractivity contribution in [3.8, 4) is 17.2 Å². The SMILES string of the molecule is CCOC(=O)C1CCCN(C(=NC)NCCOc2ccc3c(c2)OCO3)C1. The molecule has 27 heavy (non-hydrogen) atoms. The molecule has 1 saturated heterocycles. The monoisotopic (exact) mass is 377 g/mol. The van der Waals surface area contributed by atoms with E-state index in [0.717, 1.165) is 36.8 Å². The van der Waals surface area contributed by atoms with Crippen molar-refractivity contribution >= 4 is 11.9 Å². The number of carbonyl (C=O) groups is 1. The van der Waals surface area contributed by atoms with E-state index in [1.807, 2.05) is 25.1 Å². The van der Waals surface area contributed by atoms with Crippen LogP contribution < -0.4 is 19.5 Å². The third kappa shape index (κ3) is 4.96. The van der Waals surface area contributed by atoms with Gasteiger partial charge in [-0.1, -0.05) is 0 Å². The molecule has 1 atom stereocenters. The van der Waals surface area contributed by atoms with Crippen molar-refractivity contribution in [2.75, 3.05) is 46.7 Å². The summed E-state index contributed by atoms with van der Waals surface area (Å²) in [4.78, 5) is 18.4. The first-order valence-corrected chi connectivity index (χ1v) is 9.36. The molecule has 1 aromatic rings. The lowest BCUT2D eigenvalue weighted by Gasteiger charge is -2.33. The number of ether oxygens (including phenoxy) is 4. The minimum absolute atomic E-state index is 0.0952. The average Bonchev–Trinajstić information content (AvgIpc) is 3.16. The summed E-state index contributed by atoms with van der Waals surface area (Å²) in [7, 11) is 1.75. The van der Waals surface area contributed by atoms with Crippen LogP contribution in [0.2, 0.25) is 0 Å². The van der Waals surface area contributed by atoms with Crippen molar-refractivity contribution in [2.24, 2.45) is 10.9 Å². The second kappa shape index (κ2) is 9.34. The van der Waals surface area contributed by atoms with Gasteiger partial charge in [-0.2, -0.15) is 0 Å². The van der Waals surface area contributed by atoms with Gasteiger partial charge in [-0.25, -0.2) is 0 Å². The highest BCUT2D eigenvalue weighted by Crippen LogP contribution is 2.34. The van der Waals surface area contributed by atoms with E-state index in [0.29, 0.717) is 32.1 Å². The summed E-state index contributed by atoms with van der Waals surface area (Å²) in [6, 6.07) is 5.52. The smallest absolute Gasteiger partial charge is 0.310 e. The van der Waals surface area contributed by atoms with Gasteiger partial charge in [0.05, 0.1) is 19.1 Å². The number of nitrogens with zero attached hydrogens (tertiary/aromatic N) is 2. The fourth-order valence-electron chi connectivity index (χ4n) is 3.25. The molecule has 1 aromatic carbocycles. The van der Waals surface area contributed by atoms with Gasteiger partial charge in [-0.05, 0) is 31.9 Å². The Morgan fingerprint density at radius 1 is 1.37 bits per heavy atom. The zero-order valence-corrected chi connectivity index (χ0v) is 15.9. The molecule has 2 heterocycles. The molecule has 148 valence electrons. The molecule has 8 nitrogen and oxygen atoms in total. The lowest BCUT2D eigenvalue weighted by atomic mass is 9.98. The Balaban J connectivity index is 1.44. The Hall–Kier alpha value is -2.64. The van der Waals surface area contributed by atoms with Crippen LogP contribution in [0, 0.1) is 5.92 Å². The molecule has 1 N–H and O–H groups in total. The number of piperidine rings is 1. The van der Waals surface area contributed by atoms with Gasteiger partial charge in [0.15, 0.2) is 17.5 Å². The molecule has 0 aliphatic carbocycles. The van der Waals surface area contributed by atoms with Gasteiger partial charge in [0.25, 0.3) is 0 Å². The van der Waals surface area contributed by atoms with Gasteiger partial charge >= 0.3 is 5.97 Å². The molecule has 3 rings (SSSR count). The van der Waals surface area contributed by atoms with Gasteiger partial charge in [0.1, 0.15) is 12.4 Å². The molecule has 0 bridgehead atoms. The number of nitrogens with one attached hydrogen (secondary N) is 1. The Labute approximate surface area is 159 Å². The van der Waals surface area contributed by atoms with E-state index in [1.54, 1.807) is 7.05 Å². The quantitative estimate of drug-likeness (QED) is 0.349. The number of likely N-dealkylation sites (tertiary alicyclic amines) is 1. The van der Waals surface area contributed by atoms with E-state index < -0.39 is 0 Å². The van der Waals surface area contributed by atoms with E-state index in [2.05, 4.69) is 15.2 Å². The van der Waals surface area contributed by atoms with E-state index in [4.69, 9.17) is 18.9 Å². The molecule has 1 unspecified atom stereocenters. The summed E-state index contributed by atoms with van der Waals surface area (Å²) in [6.45, 7) is 5.08. The summed E-state index contributed by atoms with van der Waals surface area (Å²) in [5.41, 5.74) is 0. The topological polar surface area (TPSA) is 81.6 Å². The van der Waals surface area contributed by atoms with Crippen LogP contribution in [0.1, 0.15) is 19.8 Å². The maximum atomic E-state index is 12.0. The molecular formula is C19H27N3O5. The Morgan fingerprint density at radius 3 is 3.04 bits per heavy atom. The first-order valence-electron chi connectivity index (χ1n) is 9.36. The van der Waals surface area contributed by atoms with Gasteiger partial charge in [0.2, 0.25) is 6.79 Å². The molecule has 8 heteroatoms. The van der Waals surface area contributed by atoms with Crippen molar-refractivity contribution in [3.63, 3.8) is 0 Å². The zero-order valence-electron chi connectivity index (χ0n) is 15.9. The molecule has 0 aromatic heterocycles. The van der Waals surface area contributed by atoms with Crippen molar-refractivity contribution in [2.45, 2.75) is 19.8 Å². The Kier molecular flexibility index (Phi) is 6.62. The summed E-state index contributed by atoms with van der Waals surface area (Å²) in [5, 5.41) is 3.30. The molecule has 2 aliphatic rings. The normalized spacial score (nSPS) is 19.0. The van der Waals surface area contributed by atoms with Crippen molar-refractivity contribution in [1.82, 2.24) is 10.2 Å². The second-order valence-electron chi connectivity index (χ2n) is 6.37. The number of benzene rings is 1. The highest BCUT2D eigenvalue weighted by Gasteiger charge is 2.28. The second-order valence-corrected chi connectivity index (χ2v) is 6.37. The summed E-state index contributed by atoms with van der Waals surface area (Å²) >= 11 is 0. The Morgan fingerprint density at radius 2 is 2.22 bits per heavy atom. The fraction of sp³-hybridized carbons (Fsp3) is 0.579. The van der Waals surface area contributed by atoms with Crippen LogP contribution in [-0.4, -0.2) is 63.5 Å². The molecule has 0 radical (unpaired) electrons. The predicted octanol–water partition coefficient (Wildman–Crippen LogP) is 1.64. The molecule has 0 amide bonds. The molecule has 0 saturated carbocycles. The lowest BCUT2D eigenvalue weighted by Crippen LogP contribution is -2.49. The number of hydrogen-bond donors (Lipinski definition) is 1. The molecule has 0 spiro atoms. The van der Waals surface area contributed by atoms with E-state index >= 15 is 0 Å². The van der Waals surface area contributed by atoms with Crippen LogP contribution in [0.15, 0.2) is 23.2 Å². The standard InChI is InChI=1S/C19H27N3O5/c1-3-24-18(23)14-5-4-9-22(12-14)19(20-2)21-8-10-25-15-6-7-16-17(11-15)27-13-26-16/h6-7,11,14H,3-5,8-10,12-13H2,1-2H3,(H,20,21). The predicted molar refractivity (Wildman–Crippen MR) is 100 cm³/mol. The van der Waals surface area contributed by atoms with Crippen molar-refractivity contribution in [1.29, 1.82) is 0 Å². The lowest BCUT2D eigenvalue weighted by molar-refractivity contribution is -0.149. The minimum Gasteiger partial charge on any atom is -0.492 e. The van der Waals surface area contributed by atoms with Crippen molar-refractivity contribution < 1.29 is 23.7 Å². The van der Waals surface area contributed by atoms with Crippen LogP contribution >= 0.6 is 0 Å². The summed E-state index contributed by atoms with van der Waals surface area (Å²) in [6.07, 6.45) is 1.80. The fourth-order valence-corrected chi connectivity index (χ4v) is 3.25. The highest BCUT2D eigenvalue weighted by atomic mass is 16.7. The van der Waals surface area contributed by atoms with E-state index in [-0.39, 0.29) is 18.7 Å². The summed E-state index contributed by atoms with van der Waals surface area (Å²) < 4.78 is 21.6. The van der Waals surface area contributed by atoms with Crippen LogP contribution in [0.4, 0.5) is 0 Å².